The van der Waals surface area contributed by atoms with E-state index in [-0.39, 0.29) is 35.4 Å². The molecule has 136 valence electrons. The number of carbonyl (C=O) groups is 2. The molecule has 0 radical (unpaired) electrons. The second-order valence-corrected chi connectivity index (χ2v) is 7.48. The number of fused-ring (bicyclic) bond motifs is 3. The number of esters is 1. The largest absolute Gasteiger partial charge is 0.507 e. The highest BCUT2D eigenvalue weighted by atomic mass is 16.5. The number of ether oxygens (including phenoxy) is 2. The average Bonchev–Trinajstić information content (AvgIpc) is 2.51. The number of carbonyl (C=O) groups excluding carboxylic acids is 2. The van der Waals surface area contributed by atoms with Crippen LogP contribution in [0.25, 0.3) is 0 Å². The van der Waals surface area contributed by atoms with Gasteiger partial charge in [0, 0.05) is 12.8 Å². The summed E-state index contributed by atoms with van der Waals surface area (Å²) < 4.78 is 11.9. The summed E-state index contributed by atoms with van der Waals surface area (Å²) in [4.78, 5) is 24.0. The van der Waals surface area contributed by atoms with Crippen LogP contribution in [0.4, 0.5) is 0 Å². The van der Waals surface area contributed by atoms with Gasteiger partial charge < -0.3 is 19.4 Å². The summed E-state index contributed by atoms with van der Waals surface area (Å²) in [7, 11) is 0. The molecule has 2 heterocycles. The maximum atomic E-state index is 12.7. The van der Waals surface area contributed by atoms with E-state index in [4.69, 9.17) is 9.47 Å². The summed E-state index contributed by atoms with van der Waals surface area (Å²) in [5.41, 5.74) is 0.991. The molecule has 1 aromatic carbocycles. The molecule has 0 aliphatic carbocycles. The van der Waals surface area contributed by atoms with Crippen LogP contribution in [-0.2, 0) is 20.7 Å². The van der Waals surface area contributed by atoms with Gasteiger partial charge in [-0.1, -0.05) is 19.1 Å². The topological polar surface area (TPSA) is 72.8 Å². The van der Waals surface area contributed by atoms with E-state index in [0.29, 0.717) is 31.6 Å². The SMILES string of the molecule is CC(=O)CCC1C[C@H]2CC(C)CC(Cc3cccc(O)c3C(=O)O1)O2. The Labute approximate surface area is 148 Å². The van der Waals surface area contributed by atoms with Gasteiger partial charge in [-0.05, 0) is 50.2 Å². The molecule has 5 heteroatoms. The molecule has 25 heavy (non-hydrogen) atoms. The van der Waals surface area contributed by atoms with Crippen LogP contribution in [0.5, 0.6) is 5.75 Å². The molecule has 4 atom stereocenters. The van der Waals surface area contributed by atoms with Crippen molar-refractivity contribution >= 4 is 11.8 Å². The van der Waals surface area contributed by atoms with E-state index in [1.165, 1.54) is 6.07 Å². The van der Waals surface area contributed by atoms with Crippen molar-refractivity contribution in [3.05, 3.63) is 29.3 Å². The normalized spacial score (nSPS) is 29.4. The predicted octanol–water partition coefficient (Wildman–Crippen LogP) is 3.42. The third-order valence-electron chi connectivity index (χ3n) is 5.11. The van der Waals surface area contributed by atoms with Gasteiger partial charge in [0.05, 0.1) is 12.2 Å². The van der Waals surface area contributed by atoms with Crippen LogP contribution in [-0.4, -0.2) is 35.2 Å². The Bertz CT molecular complexity index is 653. The van der Waals surface area contributed by atoms with Gasteiger partial charge in [0.2, 0.25) is 0 Å². The molecular formula is C20H26O5. The Morgan fingerprint density at radius 3 is 2.76 bits per heavy atom. The Morgan fingerprint density at radius 1 is 1.24 bits per heavy atom. The van der Waals surface area contributed by atoms with Crippen LogP contribution in [0.2, 0.25) is 0 Å². The third-order valence-corrected chi connectivity index (χ3v) is 5.11. The number of ketones is 1. The zero-order valence-electron chi connectivity index (χ0n) is 14.9. The molecule has 1 N–H and O–H groups in total. The average molecular weight is 346 g/mol. The minimum absolute atomic E-state index is 0.0358. The van der Waals surface area contributed by atoms with Gasteiger partial charge in [-0.3, -0.25) is 0 Å². The first-order chi connectivity index (χ1) is 11.9. The van der Waals surface area contributed by atoms with E-state index < -0.39 is 5.97 Å². The van der Waals surface area contributed by atoms with Crippen molar-refractivity contribution < 1.29 is 24.2 Å². The monoisotopic (exact) mass is 346 g/mol. The predicted molar refractivity (Wildman–Crippen MR) is 92.6 cm³/mol. The van der Waals surface area contributed by atoms with Gasteiger partial charge in [-0.25, -0.2) is 4.79 Å². The molecule has 0 amide bonds. The van der Waals surface area contributed by atoms with Crippen molar-refractivity contribution in [2.75, 3.05) is 0 Å². The molecule has 0 aromatic heterocycles. The van der Waals surface area contributed by atoms with Gasteiger partial charge in [0.15, 0.2) is 0 Å². The lowest BCUT2D eigenvalue weighted by Gasteiger charge is -2.37. The van der Waals surface area contributed by atoms with Gasteiger partial charge in [-0.15, -0.1) is 0 Å². The van der Waals surface area contributed by atoms with Crippen LogP contribution in [0.15, 0.2) is 18.2 Å². The molecular weight excluding hydrogens is 320 g/mol. The smallest absolute Gasteiger partial charge is 0.342 e. The highest BCUT2D eigenvalue weighted by molar-refractivity contribution is 5.94. The first kappa shape index (κ1) is 17.9. The van der Waals surface area contributed by atoms with Crippen LogP contribution in [0.3, 0.4) is 0 Å². The minimum Gasteiger partial charge on any atom is -0.507 e. The number of phenolic OH excluding ortho intramolecular Hbond substituents is 1. The van der Waals surface area contributed by atoms with Crippen molar-refractivity contribution in [2.45, 2.75) is 70.7 Å². The minimum atomic E-state index is -0.505. The van der Waals surface area contributed by atoms with Crippen molar-refractivity contribution in [1.29, 1.82) is 0 Å². The maximum Gasteiger partial charge on any atom is 0.342 e. The summed E-state index contributed by atoms with van der Waals surface area (Å²) in [6.07, 6.45) is 3.64. The van der Waals surface area contributed by atoms with Crippen molar-refractivity contribution in [1.82, 2.24) is 0 Å². The molecule has 0 spiro atoms. The standard InChI is InChI=1S/C20H26O5/c1-12-8-16-10-14-4-3-5-18(22)19(14)20(23)25-15(7-6-13(2)21)11-17(9-12)24-16/h3-5,12,15-17,22H,6-11H2,1-2H3/t12?,15?,16?,17-/m1/s1. The van der Waals surface area contributed by atoms with Crippen molar-refractivity contribution in [3.63, 3.8) is 0 Å². The number of benzene rings is 1. The molecule has 1 aromatic rings. The summed E-state index contributed by atoms with van der Waals surface area (Å²) in [5, 5.41) is 10.2. The number of Topliss-reactive ketones (excluding diaryl/α,β-unsaturated/α-hetero) is 1. The van der Waals surface area contributed by atoms with Gasteiger partial charge in [0.1, 0.15) is 23.2 Å². The molecule has 5 nitrogen and oxygen atoms in total. The van der Waals surface area contributed by atoms with Crippen LogP contribution < -0.4 is 0 Å². The van der Waals surface area contributed by atoms with Gasteiger partial charge >= 0.3 is 5.97 Å². The summed E-state index contributed by atoms with van der Waals surface area (Å²) in [5.74, 6) is 0.0452. The van der Waals surface area contributed by atoms with Crippen LogP contribution >= 0.6 is 0 Å². The maximum absolute atomic E-state index is 12.7. The fraction of sp³-hybridized carbons (Fsp3) is 0.600. The Hall–Kier alpha value is -1.88. The Kier molecular flexibility index (Phi) is 5.42. The van der Waals surface area contributed by atoms with Crippen molar-refractivity contribution in [3.8, 4) is 5.75 Å². The number of cyclic esters (lactones) is 1. The molecule has 1 saturated heterocycles. The summed E-state index contributed by atoms with van der Waals surface area (Å²) in [6, 6.07) is 5.09. The molecule has 3 unspecified atom stereocenters. The number of hydrogen-bond acceptors (Lipinski definition) is 5. The highest BCUT2D eigenvalue weighted by Crippen LogP contribution is 2.34. The molecule has 3 rings (SSSR count). The van der Waals surface area contributed by atoms with E-state index in [9.17, 15) is 14.7 Å². The number of rotatable bonds is 3. The first-order valence-corrected chi connectivity index (χ1v) is 9.09. The second kappa shape index (κ2) is 7.56. The Balaban J connectivity index is 1.92. The van der Waals surface area contributed by atoms with Gasteiger partial charge in [0.25, 0.3) is 0 Å². The molecule has 2 aliphatic rings. The lowest BCUT2D eigenvalue weighted by atomic mass is 9.87. The second-order valence-electron chi connectivity index (χ2n) is 7.48. The number of aromatic hydroxyl groups is 1. The van der Waals surface area contributed by atoms with Crippen molar-refractivity contribution in [2.24, 2.45) is 5.92 Å². The quantitative estimate of drug-likeness (QED) is 0.849. The lowest BCUT2D eigenvalue weighted by Crippen LogP contribution is -2.38. The zero-order valence-corrected chi connectivity index (χ0v) is 14.9. The highest BCUT2D eigenvalue weighted by Gasteiger charge is 2.33. The first-order valence-electron chi connectivity index (χ1n) is 9.09. The lowest BCUT2D eigenvalue weighted by molar-refractivity contribution is -0.118. The number of phenols is 1. The van der Waals surface area contributed by atoms with Crippen LogP contribution in [0, 0.1) is 5.92 Å². The Morgan fingerprint density at radius 2 is 2.00 bits per heavy atom. The molecule has 1 fully saturated rings. The third kappa shape index (κ3) is 4.40. The van der Waals surface area contributed by atoms with E-state index >= 15 is 0 Å². The molecule has 0 saturated carbocycles. The summed E-state index contributed by atoms with van der Waals surface area (Å²) in [6.45, 7) is 3.76. The van der Waals surface area contributed by atoms with Gasteiger partial charge in [-0.2, -0.15) is 0 Å². The van der Waals surface area contributed by atoms with E-state index in [1.54, 1.807) is 13.0 Å². The molecule has 2 aliphatic heterocycles. The summed E-state index contributed by atoms with van der Waals surface area (Å²) >= 11 is 0. The fourth-order valence-electron chi connectivity index (χ4n) is 3.99. The van der Waals surface area contributed by atoms with E-state index in [2.05, 4.69) is 6.92 Å². The fourth-order valence-corrected chi connectivity index (χ4v) is 3.99. The van der Waals surface area contributed by atoms with Crippen LogP contribution in [0.1, 0.15) is 61.9 Å². The van der Waals surface area contributed by atoms with E-state index in [0.717, 1.165) is 18.4 Å². The zero-order chi connectivity index (χ0) is 18.0. The number of hydrogen-bond donors (Lipinski definition) is 1. The van der Waals surface area contributed by atoms with E-state index in [1.807, 2.05) is 6.07 Å². The molecule has 2 bridgehead atoms.